The first kappa shape index (κ1) is 19.2. The summed E-state index contributed by atoms with van der Waals surface area (Å²) in [6.07, 6.45) is 0. The molecule has 2 N–H and O–H groups in total. The number of esters is 1. The van der Waals surface area contributed by atoms with E-state index in [9.17, 15) is 18.8 Å². The van der Waals surface area contributed by atoms with Crippen LogP contribution in [-0.2, 0) is 9.53 Å². The number of aromatic nitrogens is 2. The normalized spacial score (nSPS) is 12.3. The number of nitrogen functional groups attached to an aromatic ring is 1. The van der Waals surface area contributed by atoms with Crippen LogP contribution in [0.15, 0.2) is 30.8 Å². The Bertz CT molecular complexity index is 895. The maximum absolute atomic E-state index is 13.6. The molecule has 0 radical (unpaired) electrons. The van der Waals surface area contributed by atoms with Crippen molar-refractivity contribution in [3.63, 3.8) is 0 Å². The number of nitrogens with zero attached hydrogens (tertiary/aromatic N) is 3. The number of anilines is 1. The number of carbonyl (C=O) groups excluding carboxylic acids is 1. The first-order valence-corrected chi connectivity index (χ1v) is 7.65. The number of methoxy groups -OCH3 is 1. The summed E-state index contributed by atoms with van der Waals surface area (Å²) in [5, 5.41) is 13.5. The van der Waals surface area contributed by atoms with Gasteiger partial charge in [-0.3, -0.25) is 0 Å². The Balaban J connectivity index is 2.48. The van der Waals surface area contributed by atoms with Crippen LogP contribution >= 0.6 is 0 Å². The summed E-state index contributed by atoms with van der Waals surface area (Å²) in [6, 6.07) is 7.00. The quantitative estimate of drug-likeness (QED) is 0.501. The van der Waals surface area contributed by atoms with Gasteiger partial charge < -0.3 is 10.5 Å². The van der Waals surface area contributed by atoms with Crippen LogP contribution in [0.4, 0.5) is 14.6 Å². The number of benzene rings is 1. The Morgan fingerprint density at radius 2 is 2.04 bits per heavy atom. The third-order valence-electron chi connectivity index (χ3n) is 4.10. The van der Waals surface area contributed by atoms with E-state index in [1.54, 1.807) is 24.3 Å². The highest BCUT2D eigenvalue weighted by atomic mass is 19.3. The molecule has 0 aliphatic carbocycles. The van der Waals surface area contributed by atoms with Crippen molar-refractivity contribution in [2.45, 2.75) is 18.8 Å². The standard InChI is InChI=1S/C17H17BF2N4O2/c1-9(16(25)26-3)11-4-6-12(7-5-11)14-13(8-21)15(22)24(23-14)10(2)17(18,19)20/h4-7,10H,1,18,22H2,2-3H3. The van der Waals surface area contributed by atoms with Crippen molar-refractivity contribution in [2.75, 3.05) is 12.8 Å². The number of hydrogen-bond donors (Lipinski definition) is 1. The van der Waals surface area contributed by atoms with E-state index in [-0.39, 0.29) is 22.6 Å². The molecule has 6 nitrogen and oxygen atoms in total. The Kier molecular flexibility index (Phi) is 5.16. The maximum atomic E-state index is 13.6. The monoisotopic (exact) mass is 358 g/mol. The molecule has 134 valence electrons. The van der Waals surface area contributed by atoms with Gasteiger partial charge in [0.05, 0.1) is 12.7 Å². The highest BCUT2D eigenvalue weighted by molar-refractivity contribution is 6.15. The number of nitrogens with two attached hydrogens (primary N) is 1. The highest BCUT2D eigenvalue weighted by Gasteiger charge is 2.34. The van der Waals surface area contributed by atoms with Crippen molar-refractivity contribution in [3.8, 4) is 17.3 Å². The molecule has 2 aromatic rings. The topological polar surface area (TPSA) is 93.9 Å². The van der Waals surface area contributed by atoms with E-state index in [2.05, 4.69) is 16.4 Å². The summed E-state index contributed by atoms with van der Waals surface area (Å²) in [5.41, 5.74) is 7.26. The van der Waals surface area contributed by atoms with Gasteiger partial charge in [-0.1, -0.05) is 30.8 Å². The van der Waals surface area contributed by atoms with Gasteiger partial charge in [-0.15, -0.1) is 0 Å². The number of rotatable bonds is 5. The van der Waals surface area contributed by atoms with Crippen LogP contribution < -0.4 is 5.73 Å². The lowest BCUT2D eigenvalue weighted by molar-refractivity contribution is -0.133. The van der Waals surface area contributed by atoms with E-state index < -0.39 is 17.8 Å². The summed E-state index contributed by atoms with van der Waals surface area (Å²) in [4.78, 5) is 11.5. The van der Waals surface area contributed by atoms with Gasteiger partial charge in [0, 0.05) is 5.56 Å². The Labute approximate surface area is 150 Å². The number of hydrogen-bond acceptors (Lipinski definition) is 5. The summed E-state index contributed by atoms with van der Waals surface area (Å²) in [7, 11) is 2.01. The maximum Gasteiger partial charge on any atom is 0.337 e. The van der Waals surface area contributed by atoms with Gasteiger partial charge in [0.25, 0.3) is 0 Å². The zero-order valence-electron chi connectivity index (χ0n) is 14.6. The van der Waals surface area contributed by atoms with Crippen molar-refractivity contribution in [1.29, 1.82) is 5.26 Å². The largest absolute Gasteiger partial charge is 0.465 e. The van der Waals surface area contributed by atoms with Crippen molar-refractivity contribution in [3.05, 3.63) is 42.0 Å². The molecule has 9 heteroatoms. The highest BCUT2D eigenvalue weighted by Crippen LogP contribution is 2.33. The predicted molar refractivity (Wildman–Crippen MR) is 96.0 cm³/mol. The molecular formula is C17H17BF2N4O2. The first-order valence-electron chi connectivity index (χ1n) is 7.65. The van der Waals surface area contributed by atoms with Gasteiger partial charge in [-0.05, 0) is 12.5 Å². The predicted octanol–water partition coefficient (Wildman–Crippen LogP) is 1.98. The van der Waals surface area contributed by atoms with Crippen LogP contribution in [0.25, 0.3) is 16.8 Å². The van der Waals surface area contributed by atoms with E-state index in [1.807, 2.05) is 6.07 Å². The average Bonchev–Trinajstić information content (AvgIpc) is 2.95. The molecule has 0 aliphatic rings. The lowest BCUT2D eigenvalue weighted by Crippen LogP contribution is -2.30. The molecule has 0 aliphatic heterocycles. The van der Waals surface area contributed by atoms with Crippen LogP contribution in [0.2, 0.25) is 0 Å². The second kappa shape index (κ2) is 7.00. The Morgan fingerprint density at radius 3 is 2.50 bits per heavy atom. The van der Waals surface area contributed by atoms with E-state index in [0.29, 0.717) is 11.1 Å². The number of alkyl halides is 2. The molecule has 1 aromatic heterocycles. The number of ether oxygens (including phenoxy) is 1. The van der Waals surface area contributed by atoms with Crippen LogP contribution in [0.1, 0.15) is 24.1 Å². The molecule has 0 saturated carbocycles. The SMILES string of the molecule is BC(F)(F)C(C)n1nc(-c2ccc(C(=C)C(=O)OC)cc2)c(C#N)c1N. The Hall–Kier alpha value is -3.15. The Morgan fingerprint density at radius 1 is 1.46 bits per heavy atom. The second-order valence-electron chi connectivity index (χ2n) is 5.84. The van der Waals surface area contributed by atoms with Crippen LogP contribution in [0, 0.1) is 11.3 Å². The molecular weight excluding hydrogens is 341 g/mol. The number of nitriles is 1. The van der Waals surface area contributed by atoms with E-state index in [4.69, 9.17) is 5.73 Å². The van der Waals surface area contributed by atoms with Crippen molar-refractivity contribution < 1.29 is 18.3 Å². The average molecular weight is 358 g/mol. The van der Waals surface area contributed by atoms with Gasteiger partial charge in [0.1, 0.15) is 29.2 Å². The lowest BCUT2D eigenvalue weighted by atomic mass is 9.92. The molecule has 0 saturated heterocycles. The molecule has 26 heavy (non-hydrogen) atoms. The summed E-state index contributed by atoms with van der Waals surface area (Å²) in [5.74, 6) is -3.76. The molecule has 1 unspecified atom stereocenters. The van der Waals surface area contributed by atoms with E-state index in [0.717, 1.165) is 12.5 Å². The fourth-order valence-corrected chi connectivity index (χ4v) is 2.34. The van der Waals surface area contributed by atoms with Gasteiger partial charge in [-0.2, -0.15) is 10.4 Å². The third kappa shape index (κ3) is 3.44. The molecule has 0 bridgehead atoms. The zero-order valence-corrected chi connectivity index (χ0v) is 14.6. The van der Waals surface area contributed by atoms with Crippen LogP contribution in [0.3, 0.4) is 0 Å². The van der Waals surface area contributed by atoms with Crippen molar-refractivity contribution >= 4 is 25.2 Å². The minimum atomic E-state index is -3.06. The fourth-order valence-electron chi connectivity index (χ4n) is 2.34. The van der Waals surface area contributed by atoms with Crippen molar-refractivity contribution in [1.82, 2.24) is 9.78 Å². The van der Waals surface area contributed by atoms with E-state index >= 15 is 0 Å². The smallest absolute Gasteiger partial charge is 0.337 e. The van der Waals surface area contributed by atoms with Crippen LogP contribution in [0.5, 0.6) is 0 Å². The number of halogens is 2. The molecule has 1 heterocycles. The molecule has 1 atom stereocenters. The van der Waals surface area contributed by atoms with Gasteiger partial charge in [-0.25, -0.2) is 18.3 Å². The molecule has 0 amide bonds. The van der Waals surface area contributed by atoms with E-state index in [1.165, 1.54) is 14.0 Å². The zero-order chi connectivity index (χ0) is 19.6. The molecule has 0 fully saturated rings. The molecule has 1 aromatic carbocycles. The second-order valence-corrected chi connectivity index (χ2v) is 5.84. The fraction of sp³-hybridized carbons (Fsp3) is 0.235. The minimum Gasteiger partial charge on any atom is -0.465 e. The van der Waals surface area contributed by atoms with Gasteiger partial charge in [0.2, 0.25) is 5.82 Å². The minimum absolute atomic E-state index is 0.0145. The number of carbonyl (C=O) groups is 1. The third-order valence-corrected chi connectivity index (χ3v) is 4.10. The lowest BCUT2D eigenvalue weighted by Gasteiger charge is -2.21. The first-order chi connectivity index (χ1) is 12.1. The van der Waals surface area contributed by atoms with Gasteiger partial charge >= 0.3 is 5.97 Å². The molecule has 0 spiro atoms. The van der Waals surface area contributed by atoms with Crippen LogP contribution in [-0.4, -0.2) is 36.5 Å². The van der Waals surface area contributed by atoms with Crippen molar-refractivity contribution in [2.24, 2.45) is 0 Å². The summed E-state index contributed by atoms with van der Waals surface area (Å²) < 4.78 is 32.8. The molecule has 2 rings (SSSR count). The van der Waals surface area contributed by atoms with Gasteiger partial charge in [0.15, 0.2) is 7.85 Å². The summed E-state index contributed by atoms with van der Waals surface area (Å²) >= 11 is 0. The summed E-state index contributed by atoms with van der Waals surface area (Å²) in [6.45, 7) is 4.93.